The maximum absolute atomic E-state index is 11.1. The molecule has 1 heterocycles. The van der Waals surface area contributed by atoms with Gasteiger partial charge < -0.3 is 10.1 Å². The first-order valence-corrected chi connectivity index (χ1v) is 6.36. The second-order valence-electron chi connectivity index (χ2n) is 3.66. The average Bonchev–Trinajstić information content (AvgIpc) is 2.44. The van der Waals surface area contributed by atoms with Crippen LogP contribution in [0.4, 0.5) is 0 Å². The zero-order chi connectivity index (χ0) is 10.8. The van der Waals surface area contributed by atoms with E-state index in [4.69, 9.17) is 4.74 Å². The largest absolute Gasteiger partial charge is 0.380 e. The van der Waals surface area contributed by atoms with Gasteiger partial charge in [-0.15, -0.1) is 0 Å². The van der Waals surface area contributed by atoms with E-state index in [0.717, 1.165) is 0 Å². The molecule has 0 saturated carbocycles. The zero-order valence-electron chi connectivity index (χ0n) is 8.73. The summed E-state index contributed by atoms with van der Waals surface area (Å²) in [4.78, 5) is 0. The summed E-state index contributed by atoms with van der Waals surface area (Å²) in [5, 5.41) is 4.47. The Morgan fingerprint density at radius 2 is 2.14 bits per heavy atom. The number of nitrogens with one attached hydrogen (secondary N) is 1. The number of sulfone groups is 1. The van der Waals surface area contributed by atoms with E-state index in [0.29, 0.717) is 0 Å². The molecular formula is C9H17NO3S. The summed E-state index contributed by atoms with van der Waals surface area (Å²) in [5.41, 5.74) is 0. The van der Waals surface area contributed by atoms with Crippen molar-refractivity contribution in [3.63, 3.8) is 0 Å². The van der Waals surface area contributed by atoms with Crippen LogP contribution in [0.2, 0.25) is 0 Å². The minimum absolute atomic E-state index is 0.0757. The lowest BCUT2D eigenvalue weighted by Gasteiger charge is -2.22. The minimum atomic E-state index is -2.96. The Morgan fingerprint density at radius 3 is 2.57 bits per heavy atom. The van der Waals surface area contributed by atoms with Crippen LogP contribution < -0.4 is 5.32 Å². The average molecular weight is 219 g/mol. The molecule has 3 atom stereocenters. The first kappa shape index (κ1) is 11.7. The monoisotopic (exact) mass is 219 g/mol. The molecule has 82 valence electrons. The molecule has 0 saturated heterocycles. The molecule has 0 amide bonds. The zero-order valence-corrected chi connectivity index (χ0v) is 9.54. The topological polar surface area (TPSA) is 55.4 Å². The first-order chi connectivity index (χ1) is 6.44. The van der Waals surface area contributed by atoms with E-state index in [2.05, 4.69) is 5.32 Å². The van der Waals surface area contributed by atoms with Crippen LogP contribution in [0.15, 0.2) is 11.5 Å². The van der Waals surface area contributed by atoms with Crippen LogP contribution in [0.25, 0.3) is 0 Å². The maximum atomic E-state index is 11.1. The second kappa shape index (κ2) is 4.42. The summed E-state index contributed by atoms with van der Waals surface area (Å²) in [6, 6.07) is 0.0653. The highest BCUT2D eigenvalue weighted by atomic mass is 32.2. The molecule has 3 unspecified atom stereocenters. The molecule has 5 heteroatoms. The number of ether oxygens (including phenoxy) is 1. The molecule has 1 rings (SSSR count). The number of methoxy groups -OCH3 is 1. The fraction of sp³-hybridized carbons (Fsp3) is 0.778. The van der Waals surface area contributed by atoms with Gasteiger partial charge in [0.2, 0.25) is 0 Å². The molecule has 0 fully saturated rings. The Morgan fingerprint density at radius 1 is 1.50 bits per heavy atom. The van der Waals surface area contributed by atoms with E-state index in [1.54, 1.807) is 13.2 Å². The molecule has 0 aromatic heterocycles. The summed E-state index contributed by atoms with van der Waals surface area (Å²) >= 11 is 0. The molecular weight excluding hydrogens is 202 g/mol. The molecule has 0 radical (unpaired) electrons. The van der Waals surface area contributed by atoms with Crippen molar-refractivity contribution < 1.29 is 13.2 Å². The van der Waals surface area contributed by atoms with Gasteiger partial charge in [-0.25, -0.2) is 8.42 Å². The number of hydrogen-bond acceptors (Lipinski definition) is 4. The summed E-state index contributed by atoms with van der Waals surface area (Å²) in [6.07, 6.45) is 1.76. The van der Waals surface area contributed by atoms with Gasteiger partial charge >= 0.3 is 0 Å². The molecule has 4 nitrogen and oxygen atoms in total. The molecule has 14 heavy (non-hydrogen) atoms. The van der Waals surface area contributed by atoms with Gasteiger partial charge in [0.05, 0.1) is 11.9 Å². The van der Waals surface area contributed by atoms with Gasteiger partial charge in [0.15, 0.2) is 9.84 Å². The molecule has 1 aliphatic heterocycles. The molecule has 0 bridgehead atoms. The SMILES string of the molecule is COC(C)C(C)NC1C=CS(=O)(=O)C1. The van der Waals surface area contributed by atoms with Crippen molar-refractivity contribution in [2.24, 2.45) is 0 Å². The summed E-state index contributed by atoms with van der Waals surface area (Å²) in [5.74, 6) is 0.160. The van der Waals surface area contributed by atoms with Crippen LogP contribution in [0.1, 0.15) is 13.8 Å². The van der Waals surface area contributed by atoms with E-state index >= 15 is 0 Å². The standard InChI is InChI=1S/C9H17NO3S/c1-7(8(2)13-3)10-9-4-5-14(11,12)6-9/h4-5,7-10H,6H2,1-3H3. The van der Waals surface area contributed by atoms with E-state index in [9.17, 15) is 8.42 Å². The van der Waals surface area contributed by atoms with Crippen molar-refractivity contribution in [1.82, 2.24) is 5.32 Å². The van der Waals surface area contributed by atoms with Crippen molar-refractivity contribution in [1.29, 1.82) is 0 Å². The van der Waals surface area contributed by atoms with Crippen LogP contribution >= 0.6 is 0 Å². The van der Waals surface area contributed by atoms with Crippen molar-refractivity contribution in [3.05, 3.63) is 11.5 Å². The van der Waals surface area contributed by atoms with Gasteiger partial charge in [-0.1, -0.05) is 6.08 Å². The Labute approximate surface area is 85.3 Å². The quantitative estimate of drug-likeness (QED) is 0.739. The normalized spacial score (nSPS) is 28.9. The van der Waals surface area contributed by atoms with Crippen LogP contribution in [0, 0.1) is 0 Å². The lowest BCUT2D eigenvalue weighted by molar-refractivity contribution is 0.0872. The van der Waals surface area contributed by atoms with Crippen molar-refractivity contribution in [2.45, 2.75) is 32.0 Å². The van der Waals surface area contributed by atoms with E-state index in [1.165, 1.54) is 5.41 Å². The fourth-order valence-corrected chi connectivity index (χ4v) is 2.60. The molecule has 0 aromatic rings. The summed E-state index contributed by atoms with van der Waals surface area (Å²) < 4.78 is 27.3. The van der Waals surface area contributed by atoms with E-state index in [1.807, 2.05) is 13.8 Å². The van der Waals surface area contributed by atoms with Gasteiger partial charge in [0.1, 0.15) is 0 Å². The Hall–Kier alpha value is -0.390. The van der Waals surface area contributed by atoms with Crippen molar-refractivity contribution in [3.8, 4) is 0 Å². The fourth-order valence-electron chi connectivity index (χ4n) is 1.36. The van der Waals surface area contributed by atoms with Crippen LogP contribution in [0.3, 0.4) is 0 Å². The van der Waals surface area contributed by atoms with Crippen LogP contribution in [0.5, 0.6) is 0 Å². The van der Waals surface area contributed by atoms with Gasteiger partial charge in [-0.05, 0) is 13.8 Å². The Kier molecular flexibility index (Phi) is 3.69. The highest BCUT2D eigenvalue weighted by Crippen LogP contribution is 2.09. The van der Waals surface area contributed by atoms with Crippen LogP contribution in [-0.2, 0) is 14.6 Å². The van der Waals surface area contributed by atoms with E-state index in [-0.39, 0.29) is 23.9 Å². The third kappa shape index (κ3) is 3.08. The Bertz CT molecular complexity index is 310. The van der Waals surface area contributed by atoms with Gasteiger partial charge in [0, 0.05) is 24.6 Å². The van der Waals surface area contributed by atoms with Gasteiger partial charge in [-0.2, -0.15) is 0 Å². The van der Waals surface area contributed by atoms with Crippen molar-refractivity contribution >= 4 is 9.84 Å². The third-order valence-electron chi connectivity index (χ3n) is 2.48. The highest BCUT2D eigenvalue weighted by Gasteiger charge is 2.24. The molecule has 0 aliphatic carbocycles. The van der Waals surface area contributed by atoms with Gasteiger partial charge in [-0.3, -0.25) is 0 Å². The smallest absolute Gasteiger partial charge is 0.173 e. The number of hydrogen-bond donors (Lipinski definition) is 1. The summed E-state index contributed by atoms with van der Waals surface area (Å²) in [6.45, 7) is 3.93. The van der Waals surface area contributed by atoms with Crippen molar-refractivity contribution in [2.75, 3.05) is 12.9 Å². The minimum Gasteiger partial charge on any atom is -0.380 e. The van der Waals surface area contributed by atoms with Crippen LogP contribution in [-0.4, -0.2) is 39.5 Å². The van der Waals surface area contributed by atoms with E-state index < -0.39 is 9.84 Å². The molecule has 1 aliphatic rings. The third-order valence-corrected chi connectivity index (χ3v) is 3.88. The lowest BCUT2D eigenvalue weighted by Crippen LogP contribution is -2.43. The maximum Gasteiger partial charge on any atom is 0.173 e. The second-order valence-corrected chi connectivity index (χ2v) is 5.59. The molecule has 0 spiro atoms. The molecule has 0 aromatic carbocycles. The lowest BCUT2D eigenvalue weighted by atomic mass is 10.2. The summed E-state index contributed by atoms with van der Waals surface area (Å²) in [7, 11) is -1.31. The van der Waals surface area contributed by atoms with Gasteiger partial charge in [0.25, 0.3) is 0 Å². The highest BCUT2D eigenvalue weighted by molar-refractivity contribution is 7.94. The predicted octanol–water partition coefficient (Wildman–Crippen LogP) is 0.310. The predicted molar refractivity (Wildman–Crippen MR) is 55.8 cm³/mol. The first-order valence-electron chi connectivity index (χ1n) is 4.64. The Balaban J connectivity index is 2.45. The molecule has 1 N–H and O–H groups in total. The number of rotatable bonds is 4.